The van der Waals surface area contributed by atoms with Gasteiger partial charge in [-0.05, 0) is 44.9 Å². The molecule has 0 heterocycles. The smallest absolute Gasteiger partial charge is 0.268 e. The SMILES string of the molecule is CCCCCCCC/C=C\CCCCCCCCCCCC(=O)NC(COP(=O)([O-])OCC[N+](C)(C)C)C(O)/C=C/CCCCCCCCCC. The van der Waals surface area contributed by atoms with Crippen LogP contribution < -0.4 is 10.2 Å². The number of carbonyl (C=O) groups is 1. The van der Waals surface area contributed by atoms with Gasteiger partial charge in [0, 0.05) is 6.42 Å². The molecular formula is C42H83N2O6P. The molecule has 3 unspecified atom stereocenters. The fourth-order valence-corrected chi connectivity index (χ4v) is 6.69. The van der Waals surface area contributed by atoms with Gasteiger partial charge in [-0.15, -0.1) is 0 Å². The fourth-order valence-electron chi connectivity index (χ4n) is 5.97. The maximum Gasteiger partial charge on any atom is 0.268 e. The van der Waals surface area contributed by atoms with Crippen molar-refractivity contribution in [1.82, 2.24) is 5.32 Å². The van der Waals surface area contributed by atoms with Gasteiger partial charge >= 0.3 is 0 Å². The van der Waals surface area contributed by atoms with E-state index in [0.29, 0.717) is 17.4 Å². The molecule has 0 aromatic rings. The molecule has 51 heavy (non-hydrogen) atoms. The number of nitrogens with zero attached hydrogens (tertiary/aromatic N) is 1. The number of hydrogen-bond donors (Lipinski definition) is 2. The minimum atomic E-state index is -4.58. The van der Waals surface area contributed by atoms with E-state index in [1.165, 1.54) is 128 Å². The average molecular weight is 743 g/mol. The van der Waals surface area contributed by atoms with Crippen LogP contribution >= 0.6 is 7.82 Å². The van der Waals surface area contributed by atoms with Gasteiger partial charge in [-0.25, -0.2) is 0 Å². The lowest BCUT2D eigenvalue weighted by molar-refractivity contribution is -0.870. The number of phosphoric ester groups is 1. The van der Waals surface area contributed by atoms with Crippen LogP contribution in [-0.2, 0) is 18.4 Å². The topological polar surface area (TPSA) is 108 Å². The molecule has 0 radical (unpaired) electrons. The van der Waals surface area contributed by atoms with Crippen molar-refractivity contribution in [3.05, 3.63) is 24.3 Å². The van der Waals surface area contributed by atoms with E-state index in [2.05, 4.69) is 31.3 Å². The Morgan fingerprint density at radius 2 is 1.08 bits per heavy atom. The Morgan fingerprint density at radius 1 is 0.667 bits per heavy atom. The highest BCUT2D eigenvalue weighted by Crippen LogP contribution is 2.38. The lowest BCUT2D eigenvalue weighted by Crippen LogP contribution is -2.45. The number of amides is 1. The summed E-state index contributed by atoms with van der Waals surface area (Å²) in [5.41, 5.74) is 0. The number of carbonyl (C=O) groups excluding carboxylic acids is 1. The molecule has 0 aromatic heterocycles. The third-order valence-electron chi connectivity index (χ3n) is 9.41. The first-order valence-electron chi connectivity index (χ1n) is 21.2. The predicted molar refractivity (Wildman–Crippen MR) is 215 cm³/mol. The molecule has 0 aliphatic carbocycles. The molecule has 1 amide bonds. The zero-order valence-corrected chi connectivity index (χ0v) is 35.0. The highest BCUT2D eigenvalue weighted by Gasteiger charge is 2.23. The van der Waals surface area contributed by atoms with Crippen LogP contribution in [0.25, 0.3) is 0 Å². The third kappa shape index (κ3) is 37.1. The van der Waals surface area contributed by atoms with Crippen LogP contribution in [-0.4, -0.2) is 68.5 Å². The van der Waals surface area contributed by atoms with E-state index in [0.717, 1.165) is 38.5 Å². The number of quaternary nitrogens is 1. The van der Waals surface area contributed by atoms with Crippen LogP contribution in [0.2, 0.25) is 0 Å². The summed E-state index contributed by atoms with van der Waals surface area (Å²) in [6.45, 7) is 4.61. The van der Waals surface area contributed by atoms with Gasteiger partial charge in [0.25, 0.3) is 7.82 Å². The number of rotatable bonds is 38. The zero-order valence-electron chi connectivity index (χ0n) is 34.1. The van der Waals surface area contributed by atoms with E-state index >= 15 is 0 Å². The molecule has 2 N–H and O–H groups in total. The van der Waals surface area contributed by atoms with E-state index < -0.39 is 20.0 Å². The van der Waals surface area contributed by atoms with Gasteiger partial charge in [-0.1, -0.05) is 160 Å². The maximum atomic E-state index is 12.8. The minimum Gasteiger partial charge on any atom is -0.756 e. The van der Waals surface area contributed by atoms with Crippen LogP contribution in [0.1, 0.15) is 187 Å². The number of unbranched alkanes of at least 4 members (excludes halogenated alkanes) is 23. The molecule has 0 bridgehead atoms. The fraction of sp³-hybridized carbons (Fsp3) is 0.881. The summed E-state index contributed by atoms with van der Waals surface area (Å²) >= 11 is 0. The van der Waals surface area contributed by atoms with E-state index in [4.69, 9.17) is 9.05 Å². The molecule has 0 saturated heterocycles. The number of aliphatic hydroxyl groups is 1. The molecule has 0 spiro atoms. The Labute approximate surface area is 315 Å². The quantitative estimate of drug-likeness (QED) is 0.0282. The monoisotopic (exact) mass is 743 g/mol. The number of phosphoric acid groups is 1. The molecule has 0 aliphatic heterocycles. The van der Waals surface area contributed by atoms with Crippen molar-refractivity contribution >= 4 is 13.7 Å². The Bertz CT molecular complexity index is 891. The second-order valence-electron chi connectivity index (χ2n) is 15.7. The van der Waals surface area contributed by atoms with E-state index in [9.17, 15) is 19.4 Å². The number of nitrogens with one attached hydrogen (secondary N) is 1. The van der Waals surface area contributed by atoms with E-state index in [-0.39, 0.29) is 19.1 Å². The molecular weight excluding hydrogens is 659 g/mol. The Morgan fingerprint density at radius 3 is 1.53 bits per heavy atom. The summed E-state index contributed by atoms with van der Waals surface area (Å²) in [4.78, 5) is 25.2. The average Bonchev–Trinajstić information content (AvgIpc) is 3.07. The largest absolute Gasteiger partial charge is 0.756 e. The molecule has 3 atom stereocenters. The number of likely N-dealkylation sites (N-methyl/N-ethyl adjacent to an activating group) is 1. The number of allylic oxidation sites excluding steroid dienone is 3. The summed E-state index contributed by atoms with van der Waals surface area (Å²) in [5, 5.41) is 13.7. The molecule has 302 valence electrons. The lowest BCUT2D eigenvalue weighted by Gasteiger charge is -2.29. The first kappa shape index (κ1) is 50.0. The summed E-state index contributed by atoms with van der Waals surface area (Å²) < 4.78 is 23.1. The normalized spacial score (nSPS) is 14.7. The Hall–Kier alpha value is -1.02. The van der Waals surface area contributed by atoms with Crippen LogP contribution in [0, 0.1) is 0 Å². The van der Waals surface area contributed by atoms with Crippen molar-refractivity contribution in [3.8, 4) is 0 Å². The molecule has 9 heteroatoms. The van der Waals surface area contributed by atoms with Crippen molar-refractivity contribution in [1.29, 1.82) is 0 Å². The lowest BCUT2D eigenvalue weighted by atomic mass is 10.0. The standard InChI is InChI=1S/C42H83N2O6P/c1-6-8-10-12-14-16-18-19-20-21-22-23-24-25-26-28-30-32-34-36-42(46)43-40(39-50-51(47,48)49-38-37-44(3,4)5)41(45)35-33-31-29-27-17-15-13-11-9-7-2/h19-20,33,35,40-41,45H,6-18,21-32,34,36-39H2,1-5H3,(H-,43,46,47,48)/b20-19-,35-33+. The molecule has 0 aliphatic rings. The first-order valence-corrected chi connectivity index (χ1v) is 22.7. The van der Waals surface area contributed by atoms with Gasteiger partial charge in [-0.3, -0.25) is 9.36 Å². The minimum absolute atomic E-state index is 0.000633. The third-order valence-corrected chi connectivity index (χ3v) is 10.4. The second-order valence-corrected chi connectivity index (χ2v) is 17.1. The second kappa shape index (κ2) is 34.7. The van der Waals surface area contributed by atoms with Crippen LogP contribution in [0.3, 0.4) is 0 Å². The Balaban J connectivity index is 4.35. The Kier molecular flexibility index (Phi) is 34.0. The highest BCUT2D eigenvalue weighted by atomic mass is 31.2. The van der Waals surface area contributed by atoms with Crippen molar-refractivity contribution in [2.24, 2.45) is 0 Å². The van der Waals surface area contributed by atoms with Crippen LogP contribution in [0.5, 0.6) is 0 Å². The predicted octanol–water partition coefficient (Wildman–Crippen LogP) is 10.7. The van der Waals surface area contributed by atoms with Gasteiger partial charge in [0.05, 0.1) is 39.9 Å². The van der Waals surface area contributed by atoms with Gasteiger partial charge in [0.2, 0.25) is 5.91 Å². The molecule has 8 nitrogen and oxygen atoms in total. The van der Waals surface area contributed by atoms with Gasteiger partial charge in [-0.2, -0.15) is 0 Å². The molecule has 0 fully saturated rings. The molecule has 0 rings (SSSR count). The van der Waals surface area contributed by atoms with Crippen molar-refractivity contribution in [2.75, 3.05) is 40.9 Å². The van der Waals surface area contributed by atoms with Crippen LogP contribution in [0.15, 0.2) is 24.3 Å². The zero-order chi connectivity index (χ0) is 37.9. The molecule has 0 saturated carbocycles. The summed E-state index contributed by atoms with van der Waals surface area (Å²) in [7, 11) is 1.26. The highest BCUT2D eigenvalue weighted by molar-refractivity contribution is 7.45. The number of hydrogen-bond acceptors (Lipinski definition) is 6. The van der Waals surface area contributed by atoms with Gasteiger partial charge in [0.1, 0.15) is 13.2 Å². The van der Waals surface area contributed by atoms with Crippen molar-refractivity contribution < 1.29 is 32.9 Å². The van der Waals surface area contributed by atoms with Crippen molar-refractivity contribution in [3.63, 3.8) is 0 Å². The van der Waals surface area contributed by atoms with Crippen molar-refractivity contribution in [2.45, 2.75) is 199 Å². The number of aliphatic hydroxyl groups excluding tert-OH is 1. The summed E-state index contributed by atoms with van der Waals surface area (Å²) in [6, 6.07) is -0.882. The first-order chi connectivity index (χ1) is 24.5. The summed E-state index contributed by atoms with van der Waals surface area (Å²) in [6.07, 6.45) is 39.3. The van der Waals surface area contributed by atoms with E-state index in [1.54, 1.807) is 6.08 Å². The van der Waals surface area contributed by atoms with Crippen LogP contribution in [0.4, 0.5) is 0 Å². The van der Waals surface area contributed by atoms with Gasteiger partial charge < -0.3 is 28.8 Å². The van der Waals surface area contributed by atoms with E-state index in [1.807, 2.05) is 27.2 Å². The summed E-state index contributed by atoms with van der Waals surface area (Å²) in [5.74, 6) is -0.202. The molecule has 0 aromatic carbocycles. The van der Waals surface area contributed by atoms with Gasteiger partial charge in [0.15, 0.2) is 0 Å². The maximum absolute atomic E-state index is 12.8.